The summed E-state index contributed by atoms with van der Waals surface area (Å²) in [5.41, 5.74) is 10.6. The zero-order valence-electron chi connectivity index (χ0n) is 27.7. The van der Waals surface area contributed by atoms with Crippen LogP contribution in [0.4, 0.5) is 0 Å². The molecule has 0 spiro atoms. The standard InChI is InChI=1S/C46H22N4OS2/c1-4-11-29-24(8-1)26-17-20-37-41-40-36(52-37)21-18-32-39(40)38-30(49(29)44(26)41)12-7-13-31(38)50(32)46-47-42(45-43(48-46)27-10-3-6-15-35(27)53-45)23-16-19-34-28(22-23)25-9-2-5-14-33(25)51-34/h1-22H. The average Bonchev–Trinajstić information content (AvgIpc) is 3.99. The highest BCUT2D eigenvalue weighted by Gasteiger charge is 2.27. The van der Waals surface area contributed by atoms with Gasteiger partial charge in [0.2, 0.25) is 5.95 Å². The first-order chi connectivity index (χ1) is 26.3. The number of hydrogen-bond acceptors (Lipinski definition) is 5. The van der Waals surface area contributed by atoms with Crippen LogP contribution in [-0.4, -0.2) is 18.9 Å². The first kappa shape index (κ1) is 27.2. The molecule has 0 bridgehead atoms. The Labute approximate surface area is 306 Å². The van der Waals surface area contributed by atoms with Crippen molar-refractivity contribution in [1.82, 2.24) is 18.9 Å². The van der Waals surface area contributed by atoms with Gasteiger partial charge >= 0.3 is 0 Å². The molecule has 14 rings (SSSR count). The maximum atomic E-state index is 6.24. The lowest BCUT2D eigenvalue weighted by Gasteiger charge is -2.11. The van der Waals surface area contributed by atoms with Crippen LogP contribution >= 0.6 is 22.7 Å². The third-order valence-electron chi connectivity index (χ3n) is 11.5. The van der Waals surface area contributed by atoms with Crippen molar-refractivity contribution < 1.29 is 4.42 Å². The Bertz CT molecular complexity index is 3870. The first-order valence-electron chi connectivity index (χ1n) is 17.7. The van der Waals surface area contributed by atoms with Gasteiger partial charge in [-0.3, -0.25) is 4.57 Å². The predicted octanol–water partition coefficient (Wildman–Crippen LogP) is 13.3. The van der Waals surface area contributed by atoms with E-state index >= 15 is 0 Å². The van der Waals surface area contributed by atoms with Crippen LogP contribution in [0.1, 0.15) is 0 Å². The molecule has 7 aromatic carbocycles. The molecule has 0 atom stereocenters. The van der Waals surface area contributed by atoms with E-state index in [-0.39, 0.29) is 0 Å². The van der Waals surface area contributed by atoms with Gasteiger partial charge in [-0.15, -0.1) is 22.7 Å². The summed E-state index contributed by atoms with van der Waals surface area (Å²) in [6, 6.07) is 48.1. The van der Waals surface area contributed by atoms with Gasteiger partial charge in [0.25, 0.3) is 0 Å². The molecular formula is C46H22N4OS2. The van der Waals surface area contributed by atoms with E-state index in [2.05, 4.69) is 130 Å². The van der Waals surface area contributed by atoms with E-state index in [0.717, 1.165) is 59.8 Å². The van der Waals surface area contributed by atoms with Crippen molar-refractivity contribution in [2.75, 3.05) is 0 Å². The van der Waals surface area contributed by atoms with Crippen LogP contribution in [0.15, 0.2) is 138 Å². The summed E-state index contributed by atoms with van der Waals surface area (Å²) in [6.07, 6.45) is 0. The third-order valence-corrected chi connectivity index (χ3v) is 13.8. The smallest absolute Gasteiger partial charge is 0.235 e. The van der Waals surface area contributed by atoms with E-state index in [0.29, 0.717) is 5.95 Å². The van der Waals surface area contributed by atoms with Crippen molar-refractivity contribution in [2.24, 2.45) is 0 Å². The molecule has 0 aliphatic heterocycles. The van der Waals surface area contributed by atoms with Gasteiger partial charge in [-0.1, -0.05) is 66.7 Å². The van der Waals surface area contributed by atoms with Gasteiger partial charge in [0, 0.05) is 68.1 Å². The summed E-state index contributed by atoms with van der Waals surface area (Å²) in [6.45, 7) is 0. The number of furan rings is 1. The maximum absolute atomic E-state index is 6.24. The van der Waals surface area contributed by atoms with Gasteiger partial charge in [-0.2, -0.15) is 0 Å². The monoisotopic (exact) mass is 710 g/mol. The third kappa shape index (κ3) is 3.21. The molecule has 0 saturated carbocycles. The van der Waals surface area contributed by atoms with Crippen molar-refractivity contribution >= 4 is 134 Å². The summed E-state index contributed by atoms with van der Waals surface area (Å²) < 4.78 is 16.0. The van der Waals surface area contributed by atoms with Crippen molar-refractivity contribution in [3.63, 3.8) is 0 Å². The van der Waals surface area contributed by atoms with Gasteiger partial charge in [0.1, 0.15) is 11.2 Å². The molecule has 0 unspecified atom stereocenters. The largest absolute Gasteiger partial charge is 0.456 e. The Morgan fingerprint density at radius 3 is 2.19 bits per heavy atom. The summed E-state index contributed by atoms with van der Waals surface area (Å²) in [5.74, 6) is 0.674. The summed E-state index contributed by atoms with van der Waals surface area (Å²) >= 11 is 3.65. The topological polar surface area (TPSA) is 48.3 Å². The minimum atomic E-state index is 0.674. The zero-order chi connectivity index (χ0) is 34.1. The molecule has 0 amide bonds. The van der Waals surface area contributed by atoms with E-state index in [1.165, 1.54) is 63.0 Å². The molecule has 7 heteroatoms. The quantitative estimate of drug-likeness (QED) is 0.179. The molecule has 0 saturated heterocycles. The van der Waals surface area contributed by atoms with E-state index < -0.39 is 0 Å². The molecule has 7 aromatic heterocycles. The number of fused-ring (bicyclic) bond motifs is 10. The lowest BCUT2D eigenvalue weighted by Crippen LogP contribution is -2.02. The lowest BCUT2D eigenvalue weighted by molar-refractivity contribution is 0.669. The molecule has 244 valence electrons. The normalized spacial score (nSPS) is 12.9. The highest BCUT2D eigenvalue weighted by atomic mass is 32.1. The van der Waals surface area contributed by atoms with Crippen molar-refractivity contribution in [3.05, 3.63) is 133 Å². The molecule has 0 fully saturated rings. The fourth-order valence-electron chi connectivity index (χ4n) is 9.33. The number of thiophene rings is 2. The number of rotatable bonds is 2. The van der Waals surface area contributed by atoms with E-state index in [4.69, 9.17) is 14.4 Å². The molecule has 0 aliphatic carbocycles. The molecule has 0 aliphatic rings. The minimum Gasteiger partial charge on any atom is -0.456 e. The van der Waals surface area contributed by atoms with E-state index in [1.54, 1.807) is 11.3 Å². The van der Waals surface area contributed by atoms with Crippen LogP contribution in [0.2, 0.25) is 0 Å². The summed E-state index contributed by atoms with van der Waals surface area (Å²) in [4.78, 5) is 11.0. The second-order valence-corrected chi connectivity index (χ2v) is 16.2. The predicted molar refractivity (Wildman–Crippen MR) is 223 cm³/mol. The average molecular weight is 711 g/mol. The number of para-hydroxylation sites is 2. The van der Waals surface area contributed by atoms with Crippen LogP contribution in [0.3, 0.4) is 0 Å². The van der Waals surface area contributed by atoms with Crippen LogP contribution in [0, 0.1) is 0 Å². The van der Waals surface area contributed by atoms with Crippen molar-refractivity contribution in [1.29, 1.82) is 0 Å². The molecule has 5 nitrogen and oxygen atoms in total. The highest BCUT2D eigenvalue weighted by molar-refractivity contribution is 7.26. The molecule has 14 aromatic rings. The molecule has 7 heterocycles. The Morgan fingerprint density at radius 2 is 1.23 bits per heavy atom. The Balaban J connectivity index is 1.17. The fourth-order valence-corrected chi connectivity index (χ4v) is 11.6. The lowest BCUT2D eigenvalue weighted by atomic mass is 10.0. The van der Waals surface area contributed by atoms with Crippen molar-refractivity contribution in [3.8, 4) is 17.2 Å². The van der Waals surface area contributed by atoms with E-state index in [9.17, 15) is 0 Å². The Hall–Kier alpha value is -6.54. The van der Waals surface area contributed by atoms with Gasteiger partial charge in [0.05, 0.1) is 43.5 Å². The summed E-state index contributed by atoms with van der Waals surface area (Å²) in [5, 5.41) is 11.1. The number of benzene rings is 7. The molecule has 0 N–H and O–H groups in total. The second-order valence-electron chi connectivity index (χ2n) is 14.1. The Morgan fingerprint density at radius 1 is 0.472 bits per heavy atom. The van der Waals surface area contributed by atoms with E-state index in [1.807, 2.05) is 23.5 Å². The molecule has 53 heavy (non-hydrogen) atoms. The summed E-state index contributed by atoms with van der Waals surface area (Å²) in [7, 11) is 0. The number of hydrogen-bond donors (Lipinski definition) is 0. The van der Waals surface area contributed by atoms with Gasteiger partial charge < -0.3 is 8.82 Å². The van der Waals surface area contributed by atoms with Crippen LogP contribution in [0.5, 0.6) is 0 Å². The van der Waals surface area contributed by atoms with Gasteiger partial charge in [0.15, 0.2) is 0 Å². The van der Waals surface area contributed by atoms with Gasteiger partial charge in [-0.05, 0) is 66.7 Å². The number of nitrogens with zero attached hydrogens (tertiary/aromatic N) is 4. The molecule has 0 radical (unpaired) electrons. The second kappa shape index (κ2) is 9.27. The zero-order valence-corrected chi connectivity index (χ0v) is 29.3. The minimum absolute atomic E-state index is 0.674. The Kier molecular flexibility index (Phi) is 4.75. The van der Waals surface area contributed by atoms with Crippen LogP contribution < -0.4 is 0 Å². The maximum Gasteiger partial charge on any atom is 0.235 e. The number of aromatic nitrogens is 4. The highest BCUT2D eigenvalue weighted by Crippen LogP contribution is 2.50. The van der Waals surface area contributed by atoms with Crippen LogP contribution in [0.25, 0.3) is 129 Å². The molecular weight excluding hydrogens is 689 g/mol. The van der Waals surface area contributed by atoms with Gasteiger partial charge in [-0.25, -0.2) is 9.97 Å². The van der Waals surface area contributed by atoms with Crippen LogP contribution in [-0.2, 0) is 0 Å². The SMILES string of the molecule is c1ccc2c(c1)oc1ccc(-c3nc(-n4c5ccc6sc7ccc8c9ccccc9n9c%10cccc4c%10c5c6c7c89)nc4c3sc3ccccc34)cc12. The fraction of sp³-hybridized carbons (Fsp3) is 0. The van der Waals surface area contributed by atoms with Crippen molar-refractivity contribution in [2.45, 2.75) is 0 Å². The first-order valence-corrected chi connectivity index (χ1v) is 19.4.